The summed E-state index contributed by atoms with van der Waals surface area (Å²) in [5.41, 5.74) is 16.3. The van der Waals surface area contributed by atoms with Crippen molar-refractivity contribution in [2.45, 2.75) is 0 Å². The van der Waals surface area contributed by atoms with Crippen molar-refractivity contribution in [2.75, 3.05) is 0 Å². The lowest BCUT2D eigenvalue weighted by Gasteiger charge is -2.21. The fraction of sp³-hybridized carbons (Fsp3) is 0. The number of hydrogen-bond acceptors (Lipinski definition) is 0. The molecule has 0 aliphatic carbocycles. The van der Waals surface area contributed by atoms with Crippen molar-refractivity contribution in [1.82, 2.24) is 0 Å². The predicted octanol–water partition coefficient (Wildman–Crippen LogP) is 20.4. The second-order valence-corrected chi connectivity index (χ2v) is 34.2. The van der Waals surface area contributed by atoms with Gasteiger partial charge in [0, 0.05) is 0 Å². The van der Waals surface area contributed by atoms with Gasteiger partial charge in [0.15, 0.2) is 0 Å². The van der Waals surface area contributed by atoms with E-state index >= 15 is 0 Å². The molecule has 0 radical (unpaired) electrons. The maximum absolute atomic E-state index is 2.34. The molecular weight excluding hydrogens is 1300 g/mol. The molecular formula is C98H72P4. The summed E-state index contributed by atoms with van der Waals surface area (Å²) in [7, 11) is -2.94. The largest absolute Gasteiger partial charge is 0.0622 e. The van der Waals surface area contributed by atoms with Crippen LogP contribution < -0.4 is 63.7 Å². The molecule has 0 N–H and O–H groups in total. The minimum atomic E-state index is -0.734. The van der Waals surface area contributed by atoms with E-state index < -0.39 is 31.7 Å². The van der Waals surface area contributed by atoms with E-state index in [1.807, 2.05) is 0 Å². The third kappa shape index (κ3) is 14.6. The molecule has 0 aliphatic heterocycles. The summed E-state index contributed by atoms with van der Waals surface area (Å²) in [5.74, 6) is 0. The lowest BCUT2D eigenvalue weighted by molar-refractivity contribution is 1.49. The minimum Gasteiger partial charge on any atom is -0.0622 e. The van der Waals surface area contributed by atoms with Gasteiger partial charge in [0.1, 0.15) is 0 Å². The average Bonchev–Trinajstić information content (AvgIpc) is 0.778. The Morgan fingerprint density at radius 1 is 0.108 bits per heavy atom. The van der Waals surface area contributed by atoms with Crippen LogP contribution in [0.5, 0.6) is 0 Å². The van der Waals surface area contributed by atoms with Gasteiger partial charge >= 0.3 is 0 Å². The van der Waals surface area contributed by atoms with Crippen LogP contribution in [0, 0.1) is 0 Å². The first kappa shape index (κ1) is 65.6. The molecule has 0 aliphatic rings. The molecule has 16 rings (SSSR count). The van der Waals surface area contributed by atoms with Gasteiger partial charge in [-0.3, -0.25) is 0 Å². The molecule has 0 nitrogen and oxygen atoms in total. The topological polar surface area (TPSA) is 0 Å². The predicted molar refractivity (Wildman–Crippen MR) is 447 cm³/mol. The lowest BCUT2D eigenvalue weighted by atomic mass is 9.84. The van der Waals surface area contributed by atoms with E-state index in [4.69, 9.17) is 0 Å². The Morgan fingerprint density at radius 3 is 0.343 bits per heavy atom. The molecule has 0 heterocycles. The minimum absolute atomic E-state index is 0.734. The highest BCUT2D eigenvalue weighted by atomic mass is 31.1. The summed E-state index contributed by atoms with van der Waals surface area (Å²) in [6.45, 7) is 0. The van der Waals surface area contributed by atoms with E-state index in [9.17, 15) is 0 Å². The molecule has 16 aromatic rings. The third-order valence-electron chi connectivity index (χ3n) is 18.9. The van der Waals surface area contributed by atoms with Gasteiger partial charge in [-0.05, 0) is 173 Å². The fourth-order valence-electron chi connectivity index (χ4n) is 13.8. The molecule has 0 amide bonds. The van der Waals surface area contributed by atoms with Crippen LogP contribution in [0.25, 0.3) is 55.7 Å². The van der Waals surface area contributed by atoms with Crippen molar-refractivity contribution in [3.05, 3.63) is 459 Å². The second-order valence-electron chi connectivity index (χ2n) is 25.3. The molecule has 0 aromatic heterocycles. The maximum Gasteiger partial charge on any atom is -0.00268 e. The zero-order chi connectivity index (χ0) is 68.2. The zero-order valence-corrected chi connectivity index (χ0v) is 59.9. The second kappa shape index (κ2) is 31.3. The molecule has 0 saturated heterocycles. The molecule has 0 unspecified atom stereocenters. The van der Waals surface area contributed by atoms with Crippen molar-refractivity contribution >= 4 is 106 Å². The maximum atomic E-state index is 2.34. The van der Waals surface area contributed by atoms with Crippen LogP contribution in [0.3, 0.4) is 0 Å². The van der Waals surface area contributed by atoms with E-state index in [-0.39, 0.29) is 0 Å². The first-order chi connectivity index (χ1) is 50.6. The van der Waals surface area contributed by atoms with Crippen molar-refractivity contribution in [1.29, 1.82) is 0 Å². The molecule has 0 atom stereocenters. The first-order valence-electron chi connectivity index (χ1n) is 34.8. The molecule has 102 heavy (non-hydrogen) atoms. The van der Waals surface area contributed by atoms with Crippen LogP contribution >= 0.6 is 31.7 Å². The highest BCUT2D eigenvalue weighted by Crippen LogP contribution is 2.42. The normalized spacial score (nSPS) is 11.3. The Labute approximate surface area is 605 Å². The molecule has 4 heteroatoms. The summed E-state index contributed by atoms with van der Waals surface area (Å²) in [6.07, 6.45) is 0. The van der Waals surface area contributed by atoms with E-state index in [0.717, 1.165) is 33.4 Å². The Hall–Kier alpha value is -11.0. The molecule has 484 valence electrons. The number of hydrogen-bond donors (Lipinski definition) is 0. The van der Waals surface area contributed by atoms with Gasteiger partial charge in [-0.2, -0.15) is 0 Å². The fourth-order valence-corrected chi connectivity index (χ4v) is 23.0. The molecule has 0 fully saturated rings. The Kier molecular flexibility index (Phi) is 20.1. The van der Waals surface area contributed by atoms with E-state index in [1.165, 1.54) is 108 Å². The average molecular weight is 1370 g/mol. The van der Waals surface area contributed by atoms with Crippen LogP contribution in [0.4, 0.5) is 0 Å². The Bertz CT molecular complexity index is 4530. The van der Waals surface area contributed by atoms with Gasteiger partial charge < -0.3 is 0 Å². The Morgan fingerprint density at radius 2 is 0.216 bits per heavy atom. The molecule has 0 bridgehead atoms. The van der Waals surface area contributed by atoms with E-state index in [0.29, 0.717) is 0 Å². The van der Waals surface area contributed by atoms with Gasteiger partial charge in [0.2, 0.25) is 0 Å². The van der Waals surface area contributed by atoms with Crippen molar-refractivity contribution in [3.63, 3.8) is 0 Å². The monoisotopic (exact) mass is 1370 g/mol. The van der Waals surface area contributed by atoms with Crippen molar-refractivity contribution < 1.29 is 0 Å². The summed E-state index contributed by atoms with van der Waals surface area (Å²) in [4.78, 5) is 0. The highest BCUT2D eigenvalue weighted by molar-refractivity contribution is 7.81. The van der Waals surface area contributed by atoms with Gasteiger partial charge in [0.05, 0.1) is 0 Å². The van der Waals surface area contributed by atoms with Crippen LogP contribution in [-0.2, 0) is 0 Å². The molecule has 0 spiro atoms. The van der Waals surface area contributed by atoms with E-state index in [2.05, 4.69) is 437 Å². The van der Waals surface area contributed by atoms with Crippen LogP contribution in [-0.4, -0.2) is 0 Å². The first-order valence-corrected chi connectivity index (χ1v) is 40.2. The van der Waals surface area contributed by atoms with Gasteiger partial charge in [-0.25, -0.2) is 0 Å². The molecule has 16 aromatic carbocycles. The van der Waals surface area contributed by atoms with Crippen LogP contribution in [0.15, 0.2) is 437 Å². The van der Waals surface area contributed by atoms with Gasteiger partial charge in [-0.1, -0.05) is 437 Å². The quantitative estimate of drug-likeness (QED) is 0.0527. The zero-order valence-electron chi connectivity index (χ0n) is 56.4. The van der Waals surface area contributed by atoms with Crippen molar-refractivity contribution in [3.8, 4) is 44.5 Å². The van der Waals surface area contributed by atoms with Crippen molar-refractivity contribution in [2.24, 2.45) is 0 Å². The SMILES string of the molecule is c1ccc(P(c2ccccc2)c2ccc(-c3ccc(C(=C(c4ccc(-c5ccc(P(c6ccccc6)c6ccccc6)cc5)cc4)c4ccc(-c5ccc(P(c6ccccc6)c6ccccc6)cc5)cc4)c4ccc(-c5ccc(P(c6ccccc6)c6ccccc6)cc5)cc4)cc3)cc2)cc1. The third-order valence-corrected chi connectivity index (χ3v) is 28.7. The summed E-state index contributed by atoms with van der Waals surface area (Å²) in [6, 6.07) is 162. The van der Waals surface area contributed by atoms with Crippen LogP contribution in [0.2, 0.25) is 0 Å². The smallest absolute Gasteiger partial charge is 0.00268 e. The van der Waals surface area contributed by atoms with E-state index in [1.54, 1.807) is 0 Å². The standard InChI is InChI=1S/C98H72P4/c1-9-25-85(26-10-1)99(86-27-11-2-12-28-86)93-65-57-77(58-66-93)73-41-49-81(50-42-73)97(82-51-43-74(44-52-82)78-59-67-94(68-60-78)100(87-29-13-3-14-30-87)88-31-15-4-16-32-88)98(83-53-45-75(46-54-83)79-61-69-95(70-62-79)101(89-33-17-5-18-34-89)90-35-19-6-20-36-90)84-55-47-76(48-56-84)80-63-71-96(72-64-80)102(91-37-21-7-22-38-91)92-39-23-8-24-40-92/h1-72H. The molecule has 0 saturated carbocycles. The highest BCUT2D eigenvalue weighted by Gasteiger charge is 2.23. The summed E-state index contributed by atoms with van der Waals surface area (Å²) >= 11 is 0. The summed E-state index contributed by atoms with van der Waals surface area (Å²) in [5, 5.41) is 16.0. The number of benzene rings is 16. The van der Waals surface area contributed by atoms with Crippen LogP contribution in [0.1, 0.15) is 22.3 Å². The number of rotatable bonds is 20. The lowest BCUT2D eigenvalue weighted by Crippen LogP contribution is -2.20. The van der Waals surface area contributed by atoms with Gasteiger partial charge in [0.25, 0.3) is 0 Å². The summed E-state index contributed by atoms with van der Waals surface area (Å²) < 4.78 is 0. The Balaban J connectivity index is 0.804. The van der Waals surface area contributed by atoms with Gasteiger partial charge in [-0.15, -0.1) is 0 Å².